The molecule has 0 amide bonds. The Morgan fingerprint density at radius 2 is 1.79 bits per heavy atom. The minimum absolute atomic E-state index is 0.665. The molecule has 34 heavy (non-hydrogen) atoms. The Bertz CT molecular complexity index is 1090. The Labute approximate surface area is 202 Å². The van der Waals surface area contributed by atoms with E-state index in [2.05, 4.69) is 59.0 Å². The molecule has 0 radical (unpaired) electrons. The highest BCUT2D eigenvalue weighted by Crippen LogP contribution is 2.37. The van der Waals surface area contributed by atoms with E-state index in [0.717, 1.165) is 56.3 Å². The second-order valence-electron chi connectivity index (χ2n) is 9.08. The van der Waals surface area contributed by atoms with Crippen LogP contribution in [0.5, 0.6) is 11.5 Å². The topological polar surface area (TPSA) is 54.2 Å². The molecule has 0 atom stereocenters. The Morgan fingerprint density at radius 3 is 2.50 bits per heavy atom. The van der Waals surface area contributed by atoms with E-state index in [0.29, 0.717) is 18.0 Å². The molecular formula is C27H36N4O3. The molecule has 1 fully saturated rings. The molecule has 3 aromatic rings. The van der Waals surface area contributed by atoms with Gasteiger partial charge >= 0.3 is 0 Å². The van der Waals surface area contributed by atoms with Crippen LogP contribution in [0.2, 0.25) is 0 Å². The fraction of sp³-hybridized carbons (Fsp3) is 0.444. The van der Waals surface area contributed by atoms with Crippen molar-refractivity contribution in [2.75, 3.05) is 65.4 Å². The van der Waals surface area contributed by atoms with Gasteiger partial charge in [-0.3, -0.25) is 9.80 Å². The molecule has 182 valence electrons. The van der Waals surface area contributed by atoms with Crippen LogP contribution >= 0.6 is 0 Å². The molecule has 1 aromatic heterocycles. The van der Waals surface area contributed by atoms with Crippen molar-refractivity contribution >= 4 is 5.69 Å². The van der Waals surface area contributed by atoms with E-state index in [4.69, 9.17) is 14.0 Å². The standard InChI is InChI=1S/C27H36N4O3/c1-20-9-10-25(21(2)17-20)31-15-13-30(14-16-31)12-11-29(3)19-22-18-24(28-34-22)23-7-6-8-26(32-4)27(23)33-5/h6-10,17-18H,11-16,19H2,1-5H3. The SMILES string of the molecule is COc1cccc(-c2cc(CN(C)CCN3CCN(c4ccc(C)cc4C)CC3)on2)c1OC. The van der Waals surface area contributed by atoms with Crippen molar-refractivity contribution in [2.24, 2.45) is 0 Å². The number of hydrogen-bond donors (Lipinski definition) is 0. The first-order valence-corrected chi connectivity index (χ1v) is 11.9. The molecular weight excluding hydrogens is 428 g/mol. The van der Waals surface area contributed by atoms with E-state index >= 15 is 0 Å². The van der Waals surface area contributed by atoms with Crippen LogP contribution in [0, 0.1) is 13.8 Å². The van der Waals surface area contributed by atoms with Crippen LogP contribution in [0.15, 0.2) is 47.0 Å². The van der Waals surface area contributed by atoms with Gasteiger partial charge in [-0.05, 0) is 44.7 Å². The first-order valence-electron chi connectivity index (χ1n) is 11.9. The van der Waals surface area contributed by atoms with Gasteiger partial charge in [-0.2, -0.15) is 0 Å². The van der Waals surface area contributed by atoms with Gasteiger partial charge in [0.2, 0.25) is 0 Å². The van der Waals surface area contributed by atoms with Gasteiger partial charge in [0.05, 0.1) is 20.8 Å². The highest BCUT2D eigenvalue weighted by Gasteiger charge is 2.19. The smallest absolute Gasteiger partial charge is 0.170 e. The maximum Gasteiger partial charge on any atom is 0.170 e. The minimum Gasteiger partial charge on any atom is -0.493 e. The Hall–Kier alpha value is -3.03. The van der Waals surface area contributed by atoms with Crippen molar-refractivity contribution in [3.05, 3.63) is 59.4 Å². The fourth-order valence-corrected chi connectivity index (χ4v) is 4.63. The second-order valence-corrected chi connectivity index (χ2v) is 9.08. The number of likely N-dealkylation sites (N-methyl/N-ethyl adjacent to an activating group) is 1. The zero-order valence-electron chi connectivity index (χ0n) is 21.0. The molecule has 1 aliphatic rings. The molecule has 0 unspecified atom stereocenters. The maximum atomic E-state index is 5.63. The summed E-state index contributed by atoms with van der Waals surface area (Å²) < 4.78 is 16.6. The number of rotatable bonds is 9. The summed E-state index contributed by atoms with van der Waals surface area (Å²) in [5.74, 6) is 2.18. The van der Waals surface area contributed by atoms with Crippen molar-refractivity contribution in [2.45, 2.75) is 20.4 Å². The molecule has 7 heteroatoms. The number of methoxy groups -OCH3 is 2. The number of benzene rings is 2. The molecule has 2 aromatic carbocycles. The summed E-state index contributed by atoms with van der Waals surface area (Å²) in [5.41, 5.74) is 5.68. The third-order valence-electron chi connectivity index (χ3n) is 6.53. The number of para-hydroxylation sites is 1. The molecule has 0 N–H and O–H groups in total. The van der Waals surface area contributed by atoms with Crippen molar-refractivity contribution in [3.8, 4) is 22.8 Å². The van der Waals surface area contributed by atoms with Crippen LogP contribution in [-0.2, 0) is 6.54 Å². The maximum absolute atomic E-state index is 5.63. The third kappa shape index (κ3) is 5.54. The van der Waals surface area contributed by atoms with Gasteiger partial charge < -0.3 is 18.9 Å². The molecule has 0 spiro atoms. The Kier molecular flexibility index (Phi) is 7.75. The average molecular weight is 465 g/mol. The van der Waals surface area contributed by atoms with Crippen molar-refractivity contribution in [3.63, 3.8) is 0 Å². The van der Waals surface area contributed by atoms with Gasteiger partial charge in [0.1, 0.15) is 5.69 Å². The summed E-state index contributed by atoms with van der Waals surface area (Å²) in [6.45, 7) is 11.4. The zero-order chi connectivity index (χ0) is 24.1. The average Bonchev–Trinajstić information content (AvgIpc) is 3.30. The predicted octanol–water partition coefficient (Wildman–Crippen LogP) is 4.23. The van der Waals surface area contributed by atoms with E-state index in [-0.39, 0.29) is 0 Å². The van der Waals surface area contributed by atoms with Gasteiger partial charge in [-0.15, -0.1) is 0 Å². The first kappa shape index (κ1) is 24.1. The highest BCUT2D eigenvalue weighted by molar-refractivity contribution is 5.71. The van der Waals surface area contributed by atoms with Crippen molar-refractivity contribution < 1.29 is 14.0 Å². The summed E-state index contributed by atoms with van der Waals surface area (Å²) in [6, 6.07) is 14.5. The molecule has 7 nitrogen and oxygen atoms in total. The van der Waals surface area contributed by atoms with Gasteiger partial charge in [0, 0.05) is 56.6 Å². The molecule has 1 aliphatic heterocycles. The van der Waals surface area contributed by atoms with Crippen LogP contribution in [0.25, 0.3) is 11.3 Å². The van der Waals surface area contributed by atoms with Gasteiger partial charge in [-0.1, -0.05) is 28.9 Å². The lowest BCUT2D eigenvalue weighted by Gasteiger charge is -2.37. The zero-order valence-corrected chi connectivity index (χ0v) is 21.0. The summed E-state index contributed by atoms with van der Waals surface area (Å²) >= 11 is 0. The second kappa shape index (κ2) is 10.9. The van der Waals surface area contributed by atoms with Crippen molar-refractivity contribution in [1.29, 1.82) is 0 Å². The lowest BCUT2D eigenvalue weighted by Crippen LogP contribution is -2.48. The first-order chi connectivity index (χ1) is 16.5. The van der Waals surface area contributed by atoms with Crippen molar-refractivity contribution in [1.82, 2.24) is 15.0 Å². The van der Waals surface area contributed by atoms with Gasteiger partial charge in [0.15, 0.2) is 17.3 Å². The lowest BCUT2D eigenvalue weighted by atomic mass is 10.1. The van der Waals surface area contributed by atoms with Crippen LogP contribution in [0.3, 0.4) is 0 Å². The van der Waals surface area contributed by atoms with Crippen LogP contribution in [-0.4, -0.2) is 75.5 Å². The molecule has 4 rings (SSSR count). The molecule has 0 aliphatic carbocycles. The predicted molar refractivity (Wildman–Crippen MR) is 136 cm³/mol. The van der Waals surface area contributed by atoms with Gasteiger partial charge in [0.25, 0.3) is 0 Å². The van der Waals surface area contributed by atoms with E-state index < -0.39 is 0 Å². The monoisotopic (exact) mass is 464 g/mol. The number of anilines is 1. The number of hydrogen-bond acceptors (Lipinski definition) is 7. The van der Waals surface area contributed by atoms with Gasteiger partial charge in [-0.25, -0.2) is 0 Å². The lowest BCUT2D eigenvalue weighted by molar-refractivity contribution is 0.202. The van der Waals surface area contributed by atoms with Crippen LogP contribution in [0.4, 0.5) is 5.69 Å². The van der Waals surface area contributed by atoms with E-state index in [1.807, 2.05) is 24.3 Å². The summed E-state index contributed by atoms with van der Waals surface area (Å²) in [4.78, 5) is 7.34. The normalized spacial score (nSPS) is 14.6. The Morgan fingerprint density at radius 1 is 1.00 bits per heavy atom. The molecule has 0 saturated carbocycles. The van der Waals surface area contributed by atoms with Crippen LogP contribution in [0.1, 0.15) is 16.9 Å². The molecule has 1 saturated heterocycles. The van der Waals surface area contributed by atoms with Crippen LogP contribution < -0.4 is 14.4 Å². The number of ether oxygens (including phenoxy) is 2. The van der Waals surface area contributed by atoms with E-state index in [9.17, 15) is 0 Å². The van der Waals surface area contributed by atoms with E-state index in [1.165, 1.54) is 16.8 Å². The largest absolute Gasteiger partial charge is 0.493 e. The summed E-state index contributed by atoms with van der Waals surface area (Å²) in [5, 5.41) is 4.27. The van der Waals surface area contributed by atoms with E-state index in [1.54, 1.807) is 14.2 Å². The number of aryl methyl sites for hydroxylation is 2. The molecule has 2 heterocycles. The number of aromatic nitrogens is 1. The highest BCUT2D eigenvalue weighted by atomic mass is 16.5. The Balaban J connectivity index is 1.27. The summed E-state index contributed by atoms with van der Waals surface area (Å²) in [6.07, 6.45) is 0. The minimum atomic E-state index is 0.665. The summed E-state index contributed by atoms with van der Waals surface area (Å²) in [7, 11) is 5.40. The molecule has 0 bridgehead atoms. The third-order valence-corrected chi connectivity index (χ3v) is 6.53. The number of piperazine rings is 1. The number of nitrogens with zero attached hydrogens (tertiary/aromatic N) is 4. The fourth-order valence-electron chi connectivity index (χ4n) is 4.63. The quantitative estimate of drug-likeness (QED) is 0.470.